The topological polar surface area (TPSA) is 71.4 Å². The van der Waals surface area contributed by atoms with E-state index in [1.165, 1.54) is 12.1 Å². The summed E-state index contributed by atoms with van der Waals surface area (Å²) < 4.78 is 23.7. The van der Waals surface area contributed by atoms with Gasteiger partial charge in [0.1, 0.15) is 0 Å². The third kappa shape index (κ3) is 3.66. The van der Waals surface area contributed by atoms with Gasteiger partial charge in [0.15, 0.2) is 9.84 Å². The largest absolute Gasteiger partial charge is 0.481 e. The van der Waals surface area contributed by atoms with Gasteiger partial charge in [-0.3, -0.25) is 4.79 Å². The third-order valence-electron chi connectivity index (χ3n) is 2.13. The molecule has 16 heavy (non-hydrogen) atoms. The average molecular weight is 242 g/mol. The normalized spacial score (nSPS) is 13.3. The van der Waals surface area contributed by atoms with E-state index in [0.717, 1.165) is 0 Å². The summed E-state index contributed by atoms with van der Waals surface area (Å²) in [5.41, 5.74) is 0. The standard InChI is InChI=1S/C11H14O4S/c1-9(7-11(12)13)8-16(14,15)10-5-3-2-4-6-10/h2-6,9H,7-8H2,1H3,(H,12,13)/t9-/m1/s1. The van der Waals surface area contributed by atoms with Gasteiger partial charge >= 0.3 is 5.97 Å². The van der Waals surface area contributed by atoms with Gasteiger partial charge in [0, 0.05) is 6.42 Å². The summed E-state index contributed by atoms with van der Waals surface area (Å²) in [6.07, 6.45) is -0.133. The van der Waals surface area contributed by atoms with Crippen molar-refractivity contribution in [2.45, 2.75) is 18.2 Å². The second-order valence-electron chi connectivity index (χ2n) is 3.80. The number of sulfone groups is 1. The van der Waals surface area contributed by atoms with Crippen LogP contribution in [-0.4, -0.2) is 25.2 Å². The van der Waals surface area contributed by atoms with Crippen molar-refractivity contribution in [3.8, 4) is 0 Å². The van der Waals surface area contributed by atoms with Crippen molar-refractivity contribution >= 4 is 15.8 Å². The van der Waals surface area contributed by atoms with Crippen LogP contribution < -0.4 is 0 Å². The van der Waals surface area contributed by atoms with E-state index in [1.54, 1.807) is 25.1 Å². The Morgan fingerprint density at radius 2 is 1.88 bits per heavy atom. The predicted molar refractivity (Wildman–Crippen MR) is 59.9 cm³/mol. The van der Waals surface area contributed by atoms with E-state index in [-0.39, 0.29) is 23.0 Å². The van der Waals surface area contributed by atoms with E-state index in [4.69, 9.17) is 5.11 Å². The molecule has 0 aliphatic carbocycles. The lowest BCUT2D eigenvalue weighted by molar-refractivity contribution is -0.137. The van der Waals surface area contributed by atoms with Crippen molar-refractivity contribution in [1.82, 2.24) is 0 Å². The lowest BCUT2D eigenvalue weighted by atomic mass is 10.1. The van der Waals surface area contributed by atoms with Crippen LogP contribution in [0.2, 0.25) is 0 Å². The van der Waals surface area contributed by atoms with Crippen molar-refractivity contribution in [3.63, 3.8) is 0 Å². The predicted octanol–water partition coefficient (Wildman–Crippen LogP) is 1.57. The molecule has 0 radical (unpaired) electrons. The van der Waals surface area contributed by atoms with Crippen molar-refractivity contribution in [1.29, 1.82) is 0 Å². The SMILES string of the molecule is C[C@H](CC(=O)O)CS(=O)(=O)c1ccccc1. The first-order valence-electron chi connectivity index (χ1n) is 4.91. The molecule has 1 atom stereocenters. The maximum absolute atomic E-state index is 11.8. The molecule has 1 aromatic rings. The monoisotopic (exact) mass is 242 g/mol. The van der Waals surface area contributed by atoms with Crippen molar-refractivity contribution < 1.29 is 18.3 Å². The Balaban J connectivity index is 2.77. The van der Waals surface area contributed by atoms with E-state index >= 15 is 0 Å². The number of carboxylic acids is 1. The van der Waals surface area contributed by atoms with Crippen LogP contribution in [0.25, 0.3) is 0 Å². The van der Waals surface area contributed by atoms with Gasteiger partial charge in [-0.2, -0.15) is 0 Å². The van der Waals surface area contributed by atoms with Crippen LogP contribution in [0.3, 0.4) is 0 Å². The summed E-state index contributed by atoms with van der Waals surface area (Å²) in [7, 11) is -3.37. The Morgan fingerprint density at radius 1 is 1.31 bits per heavy atom. The maximum Gasteiger partial charge on any atom is 0.303 e. The van der Waals surface area contributed by atoms with E-state index < -0.39 is 15.8 Å². The lowest BCUT2D eigenvalue weighted by Crippen LogP contribution is -2.16. The van der Waals surface area contributed by atoms with Crippen LogP contribution in [0.1, 0.15) is 13.3 Å². The van der Waals surface area contributed by atoms with Crippen molar-refractivity contribution in [2.24, 2.45) is 5.92 Å². The zero-order chi connectivity index (χ0) is 12.2. The summed E-state index contributed by atoms with van der Waals surface area (Å²) in [6.45, 7) is 1.62. The molecule has 0 fully saturated rings. The number of benzene rings is 1. The number of aliphatic carboxylic acids is 1. The highest BCUT2D eigenvalue weighted by Gasteiger charge is 2.19. The number of carboxylic acid groups (broad SMARTS) is 1. The highest BCUT2D eigenvalue weighted by atomic mass is 32.2. The van der Waals surface area contributed by atoms with Crippen LogP contribution in [0.4, 0.5) is 0 Å². The van der Waals surface area contributed by atoms with Gasteiger partial charge in [-0.1, -0.05) is 25.1 Å². The number of hydrogen-bond acceptors (Lipinski definition) is 3. The van der Waals surface area contributed by atoms with Gasteiger partial charge in [-0.25, -0.2) is 8.42 Å². The number of hydrogen-bond donors (Lipinski definition) is 1. The van der Waals surface area contributed by atoms with E-state index in [1.807, 2.05) is 0 Å². The average Bonchev–Trinajstić information content (AvgIpc) is 2.16. The minimum Gasteiger partial charge on any atom is -0.481 e. The highest BCUT2D eigenvalue weighted by Crippen LogP contribution is 2.15. The lowest BCUT2D eigenvalue weighted by Gasteiger charge is -2.09. The Morgan fingerprint density at radius 3 is 2.38 bits per heavy atom. The fourth-order valence-electron chi connectivity index (χ4n) is 1.46. The van der Waals surface area contributed by atoms with Gasteiger partial charge in [-0.05, 0) is 18.1 Å². The third-order valence-corrected chi connectivity index (χ3v) is 4.13. The quantitative estimate of drug-likeness (QED) is 0.850. The summed E-state index contributed by atoms with van der Waals surface area (Å²) >= 11 is 0. The minimum atomic E-state index is -3.37. The van der Waals surface area contributed by atoms with E-state index in [9.17, 15) is 13.2 Å². The maximum atomic E-state index is 11.8. The highest BCUT2D eigenvalue weighted by molar-refractivity contribution is 7.91. The van der Waals surface area contributed by atoms with E-state index in [0.29, 0.717) is 0 Å². The first-order valence-corrected chi connectivity index (χ1v) is 6.56. The molecule has 1 rings (SSSR count). The first-order chi connectivity index (χ1) is 7.42. The van der Waals surface area contributed by atoms with Crippen LogP contribution in [0.15, 0.2) is 35.2 Å². The van der Waals surface area contributed by atoms with Gasteiger partial charge in [0.25, 0.3) is 0 Å². The van der Waals surface area contributed by atoms with Crippen LogP contribution in [0.5, 0.6) is 0 Å². The Kier molecular flexibility index (Phi) is 4.06. The molecular weight excluding hydrogens is 228 g/mol. The fraction of sp³-hybridized carbons (Fsp3) is 0.364. The molecule has 0 aliphatic rings. The molecule has 0 unspecified atom stereocenters. The molecule has 5 heteroatoms. The van der Waals surface area contributed by atoms with Crippen molar-refractivity contribution in [2.75, 3.05) is 5.75 Å². The van der Waals surface area contributed by atoms with Crippen LogP contribution >= 0.6 is 0 Å². The molecular formula is C11H14O4S. The van der Waals surface area contributed by atoms with Gasteiger partial charge in [0.05, 0.1) is 10.6 Å². The fourth-order valence-corrected chi connectivity index (χ4v) is 3.09. The second-order valence-corrected chi connectivity index (χ2v) is 5.83. The first kappa shape index (κ1) is 12.7. The van der Waals surface area contributed by atoms with Gasteiger partial charge < -0.3 is 5.11 Å². The molecule has 0 heterocycles. The summed E-state index contributed by atoms with van der Waals surface area (Å²) in [4.78, 5) is 10.7. The van der Waals surface area contributed by atoms with Crippen molar-refractivity contribution in [3.05, 3.63) is 30.3 Å². The molecule has 0 saturated heterocycles. The molecule has 88 valence electrons. The summed E-state index contributed by atoms with van der Waals surface area (Å²) in [5, 5.41) is 8.56. The van der Waals surface area contributed by atoms with Gasteiger partial charge in [0.2, 0.25) is 0 Å². The smallest absolute Gasteiger partial charge is 0.303 e. The molecule has 1 aromatic carbocycles. The minimum absolute atomic E-state index is 0.133. The van der Waals surface area contributed by atoms with Crippen LogP contribution in [0, 0.1) is 5.92 Å². The number of carbonyl (C=O) groups is 1. The molecule has 0 spiro atoms. The molecule has 4 nitrogen and oxygen atoms in total. The molecule has 0 amide bonds. The molecule has 1 N–H and O–H groups in total. The van der Waals surface area contributed by atoms with E-state index in [2.05, 4.69) is 0 Å². The zero-order valence-corrected chi connectivity index (χ0v) is 9.78. The Labute approximate surface area is 94.8 Å². The molecule has 0 aromatic heterocycles. The summed E-state index contributed by atoms with van der Waals surface area (Å²) in [5.74, 6) is -1.50. The Bertz CT molecular complexity index is 450. The van der Waals surface area contributed by atoms with Crippen LogP contribution in [-0.2, 0) is 14.6 Å². The molecule has 0 bridgehead atoms. The number of rotatable bonds is 5. The summed E-state index contributed by atoms with van der Waals surface area (Å²) in [6, 6.07) is 8.06. The molecule has 0 saturated carbocycles. The Hall–Kier alpha value is -1.36. The van der Waals surface area contributed by atoms with Gasteiger partial charge in [-0.15, -0.1) is 0 Å². The zero-order valence-electron chi connectivity index (χ0n) is 8.96. The molecule has 0 aliphatic heterocycles. The second kappa shape index (κ2) is 5.12.